The van der Waals surface area contributed by atoms with Crippen LogP contribution in [0, 0.1) is 18.3 Å². The molecular weight excluding hydrogens is 502 g/mol. The van der Waals surface area contributed by atoms with E-state index in [0.29, 0.717) is 34.9 Å². The summed E-state index contributed by atoms with van der Waals surface area (Å²) in [6.45, 7) is 4.34. The maximum absolute atomic E-state index is 14.5. The summed E-state index contributed by atoms with van der Waals surface area (Å²) in [5.41, 5.74) is 9.64. The van der Waals surface area contributed by atoms with Gasteiger partial charge in [-0.05, 0) is 54.8 Å². The van der Waals surface area contributed by atoms with Crippen molar-refractivity contribution >= 4 is 21.5 Å². The Bertz CT molecular complexity index is 1640. The number of allylic oxidation sites excluding steroid dienone is 2. The van der Waals surface area contributed by atoms with Crippen LogP contribution in [0.15, 0.2) is 83.1 Å². The Kier molecular flexibility index (Phi) is 6.51. The average Bonchev–Trinajstić information content (AvgIpc) is 2.91. The minimum absolute atomic E-state index is 0.00811. The third-order valence-electron chi connectivity index (χ3n) is 6.75. The predicted octanol–water partition coefficient (Wildman–Crippen LogP) is 4.93. The molecule has 0 saturated carbocycles. The molecule has 2 aliphatic rings. The van der Waals surface area contributed by atoms with Crippen LogP contribution in [-0.2, 0) is 21.3 Å². The number of methoxy groups -OCH3 is 1. The number of nitrogens with two attached hydrogens (primary N) is 1. The maximum atomic E-state index is 14.5. The van der Waals surface area contributed by atoms with Crippen LogP contribution < -0.4 is 19.5 Å². The second-order valence-electron chi connectivity index (χ2n) is 8.92. The van der Waals surface area contributed by atoms with Crippen molar-refractivity contribution in [3.63, 3.8) is 0 Å². The second-order valence-corrected chi connectivity index (χ2v) is 10.7. The molecule has 194 valence electrons. The van der Waals surface area contributed by atoms with Crippen LogP contribution >= 0.6 is 0 Å². The topological polar surface area (TPSA) is 115 Å². The lowest BCUT2D eigenvalue weighted by atomic mass is 9.88. The molecule has 0 aromatic heterocycles. The van der Waals surface area contributed by atoms with E-state index in [4.69, 9.17) is 19.9 Å². The lowest BCUT2D eigenvalue weighted by molar-refractivity contribution is 0.310. The van der Waals surface area contributed by atoms with Crippen molar-refractivity contribution < 1.29 is 22.6 Å². The first-order chi connectivity index (χ1) is 18.3. The molecule has 3 aromatic carbocycles. The maximum Gasteiger partial charge on any atom is 0.265 e. The quantitative estimate of drug-likeness (QED) is 0.481. The van der Waals surface area contributed by atoms with Gasteiger partial charge in [0.05, 0.1) is 31.9 Å². The number of hydrogen-bond acceptors (Lipinski definition) is 7. The van der Waals surface area contributed by atoms with E-state index in [2.05, 4.69) is 6.07 Å². The van der Waals surface area contributed by atoms with Gasteiger partial charge in [0.1, 0.15) is 16.5 Å². The van der Waals surface area contributed by atoms with Gasteiger partial charge in [0.15, 0.2) is 17.3 Å². The van der Waals surface area contributed by atoms with Crippen LogP contribution in [0.3, 0.4) is 0 Å². The molecule has 0 radical (unpaired) electrons. The summed E-state index contributed by atoms with van der Waals surface area (Å²) >= 11 is 0. The van der Waals surface area contributed by atoms with Crippen molar-refractivity contribution in [3.05, 3.63) is 105 Å². The standard InChI is InChI=1S/C29H27N3O5S/c1-4-36-24-14-13-19(15-25(24)35-3)26-22(16-30)29(31)37-27-21-11-7-8-12-23(21)32(38(33,34)28(26)27)17-20-10-6-5-9-18(20)2/h5-15,26H,4,17,31H2,1-3H3/t26-/m0/s1. The zero-order valence-corrected chi connectivity index (χ0v) is 22.1. The second kappa shape index (κ2) is 9.80. The Balaban J connectivity index is 1.75. The third-order valence-corrected chi connectivity index (χ3v) is 8.64. The van der Waals surface area contributed by atoms with E-state index in [1.54, 1.807) is 36.4 Å². The molecular formula is C29H27N3O5S. The van der Waals surface area contributed by atoms with Gasteiger partial charge in [-0.1, -0.05) is 42.5 Å². The van der Waals surface area contributed by atoms with Crippen LogP contribution in [0.1, 0.15) is 35.1 Å². The fourth-order valence-electron chi connectivity index (χ4n) is 4.89. The monoisotopic (exact) mass is 529 g/mol. The molecule has 2 N–H and O–H groups in total. The highest BCUT2D eigenvalue weighted by Gasteiger charge is 2.47. The summed E-state index contributed by atoms with van der Waals surface area (Å²) in [4.78, 5) is -0.0400. The smallest absolute Gasteiger partial charge is 0.265 e. The molecule has 0 amide bonds. The SMILES string of the molecule is CCOc1ccc([C@H]2C(C#N)=C(N)OC3=C2S(=O)(=O)N(Cc2ccccc2C)c2ccccc23)cc1OC. The van der Waals surface area contributed by atoms with Gasteiger partial charge in [0.2, 0.25) is 5.88 Å². The Morgan fingerprint density at radius 1 is 1.08 bits per heavy atom. The molecule has 0 saturated heterocycles. The van der Waals surface area contributed by atoms with Crippen molar-refractivity contribution in [1.82, 2.24) is 0 Å². The zero-order valence-electron chi connectivity index (χ0n) is 21.3. The Morgan fingerprint density at radius 2 is 1.82 bits per heavy atom. The van der Waals surface area contributed by atoms with Gasteiger partial charge >= 0.3 is 0 Å². The normalized spacial score (nSPS) is 17.7. The highest BCUT2D eigenvalue weighted by molar-refractivity contribution is 7.96. The summed E-state index contributed by atoms with van der Waals surface area (Å²) in [6.07, 6.45) is 0. The van der Waals surface area contributed by atoms with E-state index in [-0.39, 0.29) is 28.7 Å². The van der Waals surface area contributed by atoms with E-state index in [9.17, 15) is 13.7 Å². The Labute approximate surface area is 222 Å². The zero-order chi connectivity index (χ0) is 27.0. The number of benzene rings is 3. The first kappa shape index (κ1) is 25.2. The molecule has 2 aliphatic heterocycles. The van der Waals surface area contributed by atoms with E-state index >= 15 is 0 Å². The molecule has 2 heterocycles. The van der Waals surface area contributed by atoms with E-state index in [1.165, 1.54) is 11.4 Å². The molecule has 38 heavy (non-hydrogen) atoms. The van der Waals surface area contributed by atoms with Gasteiger partial charge < -0.3 is 19.9 Å². The van der Waals surface area contributed by atoms with Gasteiger partial charge in [-0.15, -0.1) is 0 Å². The summed E-state index contributed by atoms with van der Waals surface area (Å²) in [5.74, 6) is -0.101. The first-order valence-electron chi connectivity index (χ1n) is 12.1. The van der Waals surface area contributed by atoms with Gasteiger partial charge in [-0.2, -0.15) is 5.26 Å². The fraction of sp³-hybridized carbons (Fsp3) is 0.207. The molecule has 3 aromatic rings. The number of nitrogens with zero attached hydrogens (tertiary/aromatic N) is 2. The molecule has 1 atom stereocenters. The van der Waals surface area contributed by atoms with Crippen molar-refractivity contribution in [2.45, 2.75) is 26.3 Å². The molecule has 0 aliphatic carbocycles. The van der Waals surface area contributed by atoms with E-state index in [1.807, 2.05) is 44.2 Å². The lowest BCUT2D eigenvalue weighted by Crippen LogP contribution is -2.39. The van der Waals surface area contributed by atoms with Crippen LogP contribution in [0.4, 0.5) is 5.69 Å². The Morgan fingerprint density at radius 3 is 2.53 bits per heavy atom. The molecule has 9 heteroatoms. The van der Waals surface area contributed by atoms with Crippen LogP contribution in [0.5, 0.6) is 11.5 Å². The number of fused-ring (bicyclic) bond motifs is 2. The average molecular weight is 530 g/mol. The number of hydrogen-bond donors (Lipinski definition) is 1. The largest absolute Gasteiger partial charge is 0.493 e. The molecule has 0 unspecified atom stereocenters. The minimum Gasteiger partial charge on any atom is -0.493 e. The van der Waals surface area contributed by atoms with Gasteiger partial charge in [-0.3, -0.25) is 4.31 Å². The number of rotatable bonds is 6. The lowest BCUT2D eigenvalue weighted by Gasteiger charge is -2.38. The summed E-state index contributed by atoms with van der Waals surface area (Å²) in [6, 6.07) is 22.0. The summed E-state index contributed by atoms with van der Waals surface area (Å²) in [5, 5.41) is 10.1. The number of nitriles is 1. The van der Waals surface area contributed by atoms with Gasteiger partial charge in [0.25, 0.3) is 10.0 Å². The molecule has 0 spiro atoms. The predicted molar refractivity (Wildman–Crippen MR) is 144 cm³/mol. The van der Waals surface area contributed by atoms with Crippen molar-refractivity contribution in [2.24, 2.45) is 5.73 Å². The molecule has 0 bridgehead atoms. The first-order valence-corrected chi connectivity index (χ1v) is 13.5. The number of para-hydroxylation sites is 1. The van der Waals surface area contributed by atoms with Crippen molar-refractivity contribution in [2.75, 3.05) is 18.0 Å². The fourth-order valence-corrected chi connectivity index (χ4v) is 6.80. The van der Waals surface area contributed by atoms with Crippen LogP contribution in [0.25, 0.3) is 5.76 Å². The summed E-state index contributed by atoms with van der Waals surface area (Å²) < 4.78 is 47.4. The number of aryl methyl sites for hydroxylation is 1. The van der Waals surface area contributed by atoms with Crippen molar-refractivity contribution in [3.8, 4) is 17.6 Å². The summed E-state index contributed by atoms with van der Waals surface area (Å²) in [7, 11) is -2.68. The van der Waals surface area contributed by atoms with Crippen LogP contribution in [0.2, 0.25) is 0 Å². The van der Waals surface area contributed by atoms with Gasteiger partial charge in [-0.25, -0.2) is 8.42 Å². The van der Waals surface area contributed by atoms with E-state index in [0.717, 1.165) is 11.1 Å². The Hall–Kier alpha value is -4.42. The molecule has 5 rings (SSSR count). The van der Waals surface area contributed by atoms with Gasteiger partial charge in [0, 0.05) is 5.56 Å². The number of anilines is 1. The molecule has 0 fully saturated rings. The third kappa shape index (κ3) is 4.03. The van der Waals surface area contributed by atoms with Crippen molar-refractivity contribution in [1.29, 1.82) is 5.26 Å². The van der Waals surface area contributed by atoms with E-state index < -0.39 is 15.9 Å². The number of sulfonamides is 1. The highest BCUT2D eigenvalue weighted by Crippen LogP contribution is 2.52. The molecule has 8 nitrogen and oxygen atoms in total. The highest BCUT2D eigenvalue weighted by atomic mass is 32.2. The minimum atomic E-state index is -4.18. The van der Waals surface area contributed by atoms with Crippen LogP contribution in [-0.4, -0.2) is 22.1 Å². The number of ether oxygens (including phenoxy) is 3.